The Bertz CT molecular complexity index is 682. The van der Waals surface area contributed by atoms with Gasteiger partial charge in [0.05, 0.1) is 0 Å². The molecule has 2 amide bonds. The molecule has 1 aliphatic heterocycles. The van der Waals surface area contributed by atoms with Gasteiger partial charge in [-0.25, -0.2) is 0 Å². The fourth-order valence-electron chi connectivity index (χ4n) is 4.27. The summed E-state index contributed by atoms with van der Waals surface area (Å²) in [6.45, 7) is 2.50. The monoisotopic (exact) mass is 310 g/mol. The third-order valence-corrected chi connectivity index (χ3v) is 5.50. The van der Waals surface area contributed by atoms with Gasteiger partial charge in [-0.15, -0.1) is 0 Å². The van der Waals surface area contributed by atoms with Gasteiger partial charge in [0.15, 0.2) is 0 Å². The molecule has 4 nitrogen and oxygen atoms in total. The number of hydrogen-bond donors (Lipinski definition) is 1. The summed E-state index contributed by atoms with van der Waals surface area (Å²) in [6.07, 6.45) is 7.31. The van der Waals surface area contributed by atoms with Gasteiger partial charge in [0, 0.05) is 18.2 Å². The first-order chi connectivity index (χ1) is 11.1. The molecule has 0 saturated heterocycles. The molecule has 2 bridgehead atoms. The summed E-state index contributed by atoms with van der Waals surface area (Å²) < 4.78 is 0. The first kappa shape index (κ1) is 14.5. The molecule has 0 spiro atoms. The van der Waals surface area contributed by atoms with Crippen LogP contribution in [0.25, 0.3) is 0 Å². The minimum Gasteiger partial charge on any atom is -0.344 e. The first-order valence-electron chi connectivity index (χ1n) is 8.51. The van der Waals surface area contributed by atoms with Crippen LogP contribution < -0.4 is 10.2 Å². The smallest absolute Gasteiger partial charge is 0.249 e. The molecule has 1 heterocycles. The van der Waals surface area contributed by atoms with Gasteiger partial charge in [-0.05, 0) is 49.7 Å². The van der Waals surface area contributed by atoms with Crippen molar-refractivity contribution < 1.29 is 9.59 Å². The Kier molecular flexibility index (Phi) is 3.47. The molecule has 1 aromatic rings. The summed E-state index contributed by atoms with van der Waals surface area (Å²) in [6, 6.07) is 7.52. The Hall–Kier alpha value is -2.10. The average molecular weight is 310 g/mol. The lowest BCUT2D eigenvalue weighted by Gasteiger charge is -2.25. The number of allylic oxidation sites excluding steroid dienone is 2. The van der Waals surface area contributed by atoms with Crippen LogP contribution in [0.4, 0.5) is 5.69 Å². The number of nitrogens with zero attached hydrogens (tertiary/aromatic N) is 1. The van der Waals surface area contributed by atoms with Gasteiger partial charge in [0.2, 0.25) is 11.8 Å². The summed E-state index contributed by atoms with van der Waals surface area (Å²) >= 11 is 0. The molecule has 4 rings (SSSR count). The molecule has 2 aliphatic carbocycles. The molecule has 4 atom stereocenters. The molecule has 120 valence electrons. The summed E-state index contributed by atoms with van der Waals surface area (Å²) in [4.78, 5) is 27.0. The predicted molar refractivity (Wildman–Crippen MR) is 88.9 cm³/mol. The molecule has 0 aromatic heterocycles. The van der Waals surface area contributed by atoms with Crippen LogP contribution in [0, 0.1) is 17.8 Å². The highest BCUT2D eigenvalue weighted by molar-refractivity contribution is 6.00. The van der Waals surface area contributed by atoms with Gasteiger partial charge < -0.3 is 10.2 Å². The highest BCUT2D eigenvalue weighted by atomic mass is 16.2. The van der Waals surface area contributed by atoms with Crippen LogP contribution in [0.2, 0.25) is 0 Å². The van der Waals surface area contributed by atoms with Crippen molar-refractivity contribution >= 4 is 17.5 Å². The zero-order valence-corrected chi connectivity index (χ0v) is 13.4. The zero-order valence-electron chi connectivity index (χ0n) is 13.4. The summed E-state index contributed by atoms with van der Waals surface area (Å²) in [5, 5.41) is 2.95. The number of anilines is 1. The fraction of sp³-hybridized carbons (Fsp3) is 0.474. The van der Waals surface area contributed by atoms with Gasteiger partial charge in [-0.2, -0.15) is 0 Å². The number of amides is 2. The average Bonchev–Trinajstić information content (AvgIpc) is 3.28. The van der Waals surface area contributed by atoms with E-state index in [0.717, 1.165) is 24.9 Å². The second-order valence-corrected chi connectivity index (χ2v) is 6.99. The largest absolute Gasteiger partial charge is 0.344 e. The van der Waals surface area contributed by atoms with E-state index in [-0.39, 0.29) is 17.7 Å². The molecule has 1 saturated carbocycles. The number of rotatable bonds is 3. The highest BCUT2D eigenvalue weighted by Crippen LogP contribution is 2.43. The third kappa shape index (κ3) is 2.46. The third-order valence-electron chi connectivity index (χ3n) is 5.50. The zero-order chi connectivity index (χ0) is 16.0. The van der Waals surface area contributed by atoms with Crippen molar-refractivity contribution in [2.45, 2.75) is 32.2 Å². The van der Waals surface area contributed by atoms with Gasteiger partial charge >= 0.3 is 0 Å². The van der Waals surface area contributed by atoms with Gasteiger partial charge in [-0.1, -0.05) is 30.4 Å². The van der Waals surface area contributed by atoms with Gasteiger partial charge in [0.25, 0.3) is 0 Å². The standard InChI is InChI=1S/C19H22N2O2/c1-12(20-18(22)16-11-13-6-7-15(16)10-13)19(23)21-9-8-14-4-2-3-5-17(14)21/h2-7,12-13,15-16H,8-11H2,1H3,(H,20,22). The summed E-state index contributed by atoms with van der Waals surface area (Å²) in [5.41, 5.74) is 2.19. The molecular formula is C19H22N2O2. The van der Waals surface area contributed by atoms with Crippen LogP contribution >= 0.6 is 0 Å². The van der Waals surface area contributed by atoms with Crippen LogP contribution in [-0.2, 0) is 16.0 Å². The van der Waals surface area contributed by atoms with E-state index >= 15 is 0 Å². The maximum atomic E-state index is 12.7. The molecular weight excluding hydrogens is 288 g/mol. The van der Waals surface area contributed by atoms with Gasteiger partial charge in [-0.3, -0.25) is 9.59 Å². The van der Waals surface area contributed by atoms with E-state index in [1.165, 1.54) is 5.56 Å². The SMILES string of the molecule is CC(NC(=O)C1CC2C=CC1C2)C(=O)N1CCc2ccccc21. The van der Waals surface area contributed by atoms with E-state index in [1.54, 1.807) is 11.8 Å². The second-order valence-electron chi connectivity index (χ2n) is 6.99. The summed E-state index contributed by atoms with van der Waals surface area (Å²) in [7, 11) is 0. The van der Waals surface area contributed by atoms with Crippen LogP contribution in [0.15, 0.2) is 36.4 Å². The number of nitrogens with one attached hydrogen (secondary N) is 1. The number of benzene rings is 1. The van der Waals surface area contributed by atoms with Crippen molar-refractivity contribution in [3.05, 3.63) is 42.0 Å². The molecule has 1 fully saturated rings. The normalized spacial score (nSPS) is 28.7. The number of carbonyl (C=O) groups excluding carboxylic acids is 2. The van der Waals surface area contributed by atoms with Crippen molar-refractivity contribution in [3.8, 4) is 0 Å². The highest BCUT2D eigenvalue weighted by Gasteiger charge is 2.40. The van der Waals surface area contributed by atoms with Crippen LogP contribution in [0.1, 0.15) is 25.3 Å². The van der Waals surface area contributed by atoms with Crippen LogP contribution in [-0.4, -0.2) is 24.4 Å². The topological polar surface area (TPSA) is 49.4 Å². The Morgan fingerprint density at radius 1 is 1.22 bits per heavy atom. The molecule has 4 heteroatoms. The first-order valence-corrected chi connectivity index (χ1v) is 8.51. The minimum absolute atomic E-state index is 0.0120. The van der Waals surface area contributed by atoms with Crippen molar-refractivity contribution in [2.75, 3.05) is 11.4 Å². The fourth-order valence-corrected chi connectivity index (χ4v) is 4.27. The van der Waals surface area contributed by atoms with Crippen molar-refractivity contribution in [1.82, 2.24) is 5.32 Å². The van der Waals surface area contributed by atoms with E-state index in [4.69, 9.17) is 0 Å². The Morgan fingerprint density at radius 3 is 2.78 bits per heavy atom. The molecule has 23 heavy (non-hydrogen) atoms. The molecule has 3 aliphatic rings. The predicted octanol–water partition coefficient (Wildman–Crippen LogP) is 2.29. The maximum Gasteiger partial charge on any atom is 0.249 e. The Morgan fingerprint density at radius 2 is 2.04 bits per heavy atom. The van der Waals surface area contributed by atoms with Crippen LogP contribution in [0.5, 0.6) is 0 Å². The van der Waals surface area contributed by atoms with E-state index < -0.39 is 6.04 Å². The Balaban J connectivity index is 1.41. The maximum absolute atomic E-state index is 12.7. The number of carbonyl (C=O) groups is 2. The lowest BCUT2D eigenvalue weighted by atomic mass is 9.92. The number of hydrogen-bond acceptors (Lipinski definition) is 2. The quantitative estimate of drug-likeness (QED) is 0.871. The lowest BCUT2D eigenvalue weighted by molar-refractivity contribution is -0.130. The Labute approximate surface area is 136 Å². The van der Waals surface area contributed by atoms with E-state index in [1.807, 2.05) is 18.2 Å². The van der Waals surface area contributed by atoms with E-state index in [9.17, 15) is 9.59 Å². The minimum atomic E-state index is -0.475. The van der Waals surface area contributed by atoms with Crippen molar-refractivity contribution in [3.63, 3.8) is 0 Å². The second kappa shape index (κ2) is 5.52. The van der Waals surface area contributed by atoms with Crippen molar-refractivity contribution in [2.24, 2.45) is 17.8 Å². The molecule has 4 unspecified atom stereocenters. The summed E-state index contributed by atoms with van der Waals surface area (Å²) in [5.74, 6) is 1.00. The molecule has 0 radical (unpaired) electrons. The molecule has 1 aromatic carbocycles. The van der Waals surface area contributed by atoms with Gasteiger partial charge in [0.1, 0.15) is 6.04 Å². The van der Waals surface area contributed by atoms with Crippen molar-refractivity contribution in [1.29, 1.82) is 0 Å². The lowest BCUT2D eigenvalue weighted by Crippen LogP contribution is -2.48. The van der Waals surface area contributed by atoms with E-state index in [2.05, 4.69) is 23.5 Å². The molecule has 1 N–H and O–H groups in total. The number of para-hydroxylation sites is 1. The number of fused-ring (bicyclic) bond motifs is 3. The van der Waals surface area contributed by atoms with E-state index in [0.29, 0.717) is 18.4 Å². The van der Waals surface area contributed by atoms with Crippen LogP contribution in [0.3, 0.4) is 0 Å².